The lowest BCUT2D eigenvalue weighted by molar-refractivity contribution is -0.120. The number of hydrogen-bond donors (Lipinski definition) is 1. The summed E-state index contributed by atoms with van der Waals surface area (Å²) in [6.45, 7) is 1.80. The van der Waals surface area contributed by atoms with E-state index in [0.717, 1.165) is 4.31 Å². The highest BCUT2D eigenvalue weighted by Crippen LogP contribution is 2.22. The SMILES string of the molecule is CCCN(CC(=O)NC)S(=O)(=O)c1ncn(C)c1Cl. The fourth-order valence-corrected chi connectivity index (χ4v) is 3.34. The fourth-order valence-electron chi connectivity index (χ4n) is 1.46. The maximum Gasteiger partial charge on any atom is 0.264 e. The van der Waals surface area contributed by atoms with E-state index in [1.165, 1.54) is 17.9 Å². The van der Waals surface area contributed by atoms with Crippen molar-refractivity contribution in [3.63, 3.8) is 0 Å². The van der Waals surface area contributed by atoms with Crippen LogP contribution >= 0.6 is 11.6 Å². The topological polar surface area (TPSA) is 84.3 Å². The van der Waals surface area contributed by atoms with Gasteiger partial charge in [-0.2, -0.15) is 4.31 Å². The number of halogens is 1. The molecule has 0 atom stereocenters. The van der Waals surface area contributed by atoms with E-state index in [4.69, 9.17) is 11.6 Å². The number of imidazole rings is 1. The molecule has 0 saturated heterocycles. The molecule has 0 spiro atoms. The molecule has 0 bridgehead atoms. The Labute approximate surface area is 117 Å². The van der Waals surface area contributed by atoms with Gasteiger partial charge in [0.1, 0.15) is 5.15 Å². The Morgan fingerprint density at radius 3 is 2.63 bits per heavy atom. The number of nitrogens with zero attached hydrogens (tertiary/aromatic N) is 3. The first-order valence-electron chi connectivity index (χ1n) is 5.72. The number of rotatable bonds is 6. The van der Waals surface area contributed by atoms with Crippen LogP contribution in [0.5, 0.6) is 0 Å². The molecule has 0 fully saturated rings. The minimum Gasteiger partial charge on any atom is -0.358 e. The van der Waals surface area contributed by atoms with Crippen molar-refractivity contribution in [2.45, 2.75) is 18.4 Å². The zero-order valence-corrected chi connectivity index (χ0v) is 12.6. The maximum absolute atomic E-state index is 12.4. The van der Waals surface area contributed by atoms with Crippen molar-refractivity contribution in [3.8, 4) is 0 Å². The Kier molecular flexibility index (Phi) is 5.33. The van der Waals surface area contributed by atoms with Gasteiger partial charge in [0, 0.05) is 20.6 Å². The summed E-state index contributed by atoms with van der Waals surface area (Å²) in [6.07, 6.45) is 1.90. The van der Waals surface area contributed by atoms with Crippen LogP contribution in [0.1, 0.15) is 13.3 Å². The number of aryl methyl sites for hydroxylation is 1. The number of hydrogen-bond acceptors (Lipinski definition) is 4. The molecule has 0 aromatic carbocycles. The monoisotopic (exact) mass is 308 g/mol. The van der Waals surface area contributed by atoms with Gasteiger partial charge >= 0.3 is 0 Å². The van der Waals surface area contributed by atoms with Gasteiger partial charge in [0.25, 0.3) is 10.0 Å². The fraction of sp³-hybridized carbons (Fsp3) is 0.600. The molecule has 1 N–H and O–H groups in total. The molecular weight excluding hydrogens is 292 g/mol. The number of carbonyl (C=O) groups excluding carboxylic acids is 1. The quantitative estimate of drug-likeness (QED) is 0.815. The van der Waals surface area contributed by atoms with Gasteiger partial charge < -0.3 is 9.88 Å². The number of amides is 1. The first-order chi connectivity index (χ1) is 8.84. The lowest BCUT2D eigenvalue weighted by Crippen LogP contribution is -2.40. The van der Waals surface area contributed by atoms with Crippen LogP contribution in [-0.2, 0) is 21.9 Å². The average Bonchev–Trinajstić information content (AvgIpc) is 2.69. The van der Waals surface area contributed by atoms with Gasteiger partial charge in [0.15, 0.2) is 0 Å². The van der Waals surface area contributed by atoms with Crippen molar-refractivity contribution >= 4 is 27.5 Å². The van der Waals surface area contributed by atoms with Gasteiger partial charge in [-0.15, -0.1) is 0 Å². The van der Waals surface area contributed by atoms with Crippen LogP contribution in [0.4, 0.5) is 0 Å². The summed E-state index contributed by atoms with van der Waals surface area (Å²) in [5, 5.41) is 2.19. The third kappa shape index (κ3) is 3.46. The highest BCUT2D eigenvalue weighted by Gasteiger charge is 2.30. The minimum atomic E-state index is -3.87. The predicted octanol–water partition coefficient (Wildman–Crippen LogP) is 0.220. The highest BCUT2D eigenvalue weighted by molar-refractivity contribution is 7.89. The molecule has 108 valence electrons. The lowest BCUT2D eigenvalue weighted by Gasteiger charge is -2.19. The molecule has 9 heteroatoms. The summed E-state index contributed by atoms with van der Waals surface area (Å²) >= 11 is 5.90. The molecule has 0 aliphatic heterocycles. The zero-order valence-electron chi connectivity index (χ0n) is 11.1. The van der Waals surface area contributed by atoms with E-state index in [1.54, 1.807) is 7.05 Å². The molecule has 7 nitrogen and oxygen atoms in total. The normalized spacial score (nSPS) is 11.8. The molecule has 1 rings (SSSR count). The Morgan fingerprint density at radius 1 is 1.58 bits per heavy atom. The van der Waals surface area contributed by atoms with Gasteiger partial charge in [0.2, 0.25) is 10.9 Å². The largest absolute Gasteiger partial charge is 0.358 e. The molecule has 1 amide bonds. The smallest absolute Gasteiger partial charge is 0.264 e. The second kappa shape index (κ2) is 6.36. The predicted molar refractivity (Wildman–Crippen MR) is 71.3 cm³/mol. The van der Waals surface area contributed by atoms with Crippen molar-refractivity contribution in [1.82, 2.24) is 19.2 Å². The van der Waals surface area contributed by atoms with E-state index >= 15 is 0 Å². The first kappa shape index (κ1) is 15.9. The second-order valence-corrected chi connectivity index (χ2v) is 6.17. The van der Waals surface area contributed by atoms with Gasteiger partial charge in [0.05, 0.1) is 12.9 Å². The average molecular weight is 309 g/mol. The number of nitrogens with one attached hydrogen (secondary N) is 1. The summed E-state index contributed by atoms with van der Waals surface area (Å²) in [5.41, 5.74) is 0. The summed E-state index contributed by atoms with van der Waals surface area (Å²) in [6, 6.07) is 0. The molecule has 19 heavy (non-hydrogen) atoms. The van der Waals surface area contributed by atoms with E-state index in [1.807, 2.05) is 6.92 Å². The van der Waals surface area contributed by atoms with Crippen molar-refractivity contribution in [2.24, 2.45) is 7.05 Å². The summed E-state index contributed by atoms with van der Waals surface area (Å²) in [4.78, 5) is 15.2. The van der Waals surface area contributed by atoms with E-state index in [-0.39, 0.29) is 29.2 Å². The van der Waals surface area contributed by atoms with Crippen LogP contribution in [-0.4, -0.2) is 48.3 Å². The van der Waals surface area contributed by atoms with Gasteiger partial charge in [-0.25, -0.2) is 13.4 Å². The van der Waals surface area contributed by atoms with Gasteiger partial charge in [-0.05, 0) is 6.42 Å². The lowest BCUT2D eigenvalue weighted by atomic mass is 10.4. The summed E-state index contributed by atoms with van der Waals surface area (Å²) < 4.78 is 27.3. The molecule has 1 heterocycles. The molecule has 0 unspecified atom stereocenters. The van der Waals surface area contributed by atoms with E-state index < -0.39 is 10.0 Å². The summed E-state index contributed by atoms with van der Waals surface area (Å²) in [7, 11) is -0.824. The highest BCUT2D eigenvalue weighted by atomic mass is 35.5. The van der Waals surface area contributed by atoms with Crippen LogP contribution in [0.25, 0.3) is 0 Å². The molecule has 0 aliphatic carbocycles. The standard InChI is InChI=1S/C10H17ClN4O3S/c1-4-5-15(6-8(16)12-2)19(17,18)10-9(11)14(3)7-13-10/h7H,4-6H2,1-3H3,(H,12,16). The zero-order chi connectivity index (χ0) is 14.6. The van der Waals surface area contributed by atoms with Crippen molar-refractivity contribution in [3.05, 3.63) is 11.5 Å². The Hall–Kier alpha value is -1.12. The number of aromatic nitrogens is 2. The molecule has 1 aromatic rings. The van der Waals surface area contributed by atoms with Crippen LogP contribution in [0.3, 0.4) is 0 Å². The van der Waals surface area contributed by atoms with Gasteiger partial charge in [-0.3, -0.25) is 4.79 Å². The number of likely N-dealkylation sites (N-methyl/N-ethyl adjacent to an activating group) is 1. The van der Waals surface area contributed by atoms with Crippen LogP contribution in [0.15, 0.2) is 11.4 Å². The molecule has 0 aliphatic rings. The van der Waals surface area contributed by atoms with Crippen LogP contribution in [0.2, 0.25) is 5.15 Å². The Balaban J connectivity index is 3.13. The van der Waals surface area contributed by atoms with Gasteiger partial charge in [-0.1, -0.05) is 18.5 Å². The van der Waals surface area contributed by atoms with Crippen LogP contribution < -0.4 is 5.32 Å². The maximum atomic E-state index is 12.4. The van der Waals surface area contributed by atoms with E-state index in [9.17, 15) is 13.2 Å². The number of carbonyl (C=O) groups is 1. The molecular formula is C10H17ClN4O3S. The summed E-state index contributed by atoms with van der Waals surface area (Å²) in [5.74, 6) is -0.385. The van der Waals surface area contributed by atoms with Crippen LogP contribution in [0, 0.1) is 0 Å². The third-order valence-electron chi connectivity index (χ3n) is 2.49. The Morgan fingerprint density at radius 2 is 2.21 bits per heavy atom. The minimum absolute atomic E-state index is 0.0259. The molecule has 0 saturated carbocycles. The number of sulfonamides is 1. The second-order valence-electron chi connectivity index (χ2n) is 3.96. The third-order valence-corrected chi connectivity index (χ3v) is 4.83. The van der Waals surface area contributed by atoms with Crippen molar-refractivity contribution < 1.29 is 13.2 Å². The van der Waals surface area contributed by atoms with Crippen molar-refractivity contribution in [2.75, 3.05) is 20.1 Å². The molecule has 0 radical (unpaired) electrons. The van der Waals surface area contributed by atoms with E-state index in [0.29, 0.717) is 6.42 Å². The van der Waals surface area contributed by atoms with Crippen molar-refractivity contribution in [1.29, 1.82) is 0 Å². The first-order valence-corrected chi connectivity index (χ1v) is 7.54. The molecule has 1 aromatic heterocycles. The Bertz CT molecular complexity index is 555. The van der Waals surface area contributed by atoms with E-state index in [2.05, 4.69) is 10.3 Å².